The molecule has 0 radical (unpaired) electrons. The molecule has 15 heavy (non-hydrogen) atoms. The fourth-order valence-corrected chi connectivity index (χ4v) is 1.23. The zero-order valence-corrected chi connectivity index (χ0v) is 7.78. The third-order valence-electron chi connectivity index (χ3n) is 1.86. The summed E-state index contributed by atoms with van der Waals surface area (Å²) >= 11 is 0. The predicted octanol–water partition coefficient (Wildman–Crippen LogP) is 1.73. The molecule has 0 spiro atoms. The highest BCUT2D eigenvalue weighted by molar-refractivity contribution is 5.44. The molecule has 1 N–H and O–H groups in total. The monoisotopic (exact) mass is 218 g/mol. The van der Waals surface area contributed by atoms with E-state index in [9.17, 15) is 18.9 Å². The van der Waals surface area contributed by atoms with Gasteiger partial charge in [0.05, 0.1) is 22.9 Å². The van der Waals surface area contributed by atoms with Crippen LogP contribution in [0.4, 0.5) is 14.5 Å². The maximum atomic E-state index is 12.5. The molecule has 0 bridgehead atoms. The number of aromatic nitrogens is 1. The van der Waals surface area contributed by atoms with Gasteiger partial charge in [0.15, 0.2) is 0 Å². The average molecular weight is 218 g/mol. The summed E-state index contributed by atoms with van der Waals surface area (Å²) in [6.07, 6.45) is -2.95. The number of pyridine rings is 1. The number of hydrogen-bond donors (Lipinski definition) is 1. The van der Waals surface area contributed by atoms with E-state index in [2.05, 4.69) is 4.98 Å². The lowest BCUT2D eigenvalue weighted by Crippen LogP contribution is -2.04. The van der Waals surface area contributed by atoms with Crippen LogP contribution in [-0.2, 0) is 6.61 Å². The Balaban J connectivity index is 3.42. The molecule has 0 aliphatic carbocycles. The molecular weight excluding hydrogens is 210 g/mol. The highest BCUT2D eigenvalue weighted by Crippen LogP contribution is 2.31. The number of aryl methyl sites for hydroxylation is 1. The number of nitrogens with zero attached hydrogens (tertiary/aromatic N) is 2. The van der Waals surface area contributed by atoms with Crippen molar-refractivity contribution in [3.8, 4) is 0 Å². The van der Waals surface area contributed by atoms with Crippen molar-refractivity contribution < 1.29 is 18.8 Å². The van der Waals surface area contributed by atoms with Crippen LogP contribution in [0.15, 0.2) is 6.07 Å². The number of alkyl halides is 2. The molecule has 82 valence electrons. The van der Waals surface area contributed by atoms with Crippen LogP contribution >= 0.6 is 0 Å². The molecule has 0 saturated heterocycles. The molecule has 0 aliphatic rings. The molecule has 0 saturated carbocycles. The lowest BCUT2D eigenvalue weighted by molar-refractivity contribution is -0.386. The molecular formula is C8H8F2N2O3. The third kappa shape index (κ3) is 2.24. The lowest BCUT2D eigenvalue weighted by atomic mass is 10.1. The normalized spacial score (nSPS) is 10.7. The van der Waals surface area contributed by atoms with Gasteiger partial charge in [-0.05, 0) is 6.92 Å². The Morgan fingerprint density at radius 2 is 2.27 bits per heavy atom. The van der Waals surface area contributed by atoms with Gasteiger partial charge in [0.1, 0.15) is 5.56 Å². The number of halogens is 2. The highest BCUT2D eigenvalue weighted by atomic mass is 19.3. The van der Waals surface area contributed by atoms with Crippen LogP contribution in [0.2, 0.25) is 0 Å². The van der Waals surface area contributed by atoms with Gasteiger partial charge < -0.3 is 5.11 Å². The SMILES string of the molecule is Cc1nc(CO)cc([N+](=O)[O-])c1C(F)F. The summed E-state index contributed by atoms with van der Waals surface area (Å²) in [6.45, 7) is 0.721. The van der Waals surface area contributed by atoms with E-state index in [-0.39, 0.29) is 11.4 Å². The third-order valence-corrected chi connectivity index (χ3v) is 1.86. The van der Waals surface area contributed by atoms with Crippen LogP contribution in [0, 0.1) is 17.0 Å². The smallest absolute Gasteiger partial charge is 0.282 e. The molecule has 0 unspecified atom stereocenters. The van der Waals surface area contributed by atoms with Crippen molar-refractivity contribution in [3.63, 3.8) is 0 Å². The second-order valence-corrected chi connectivity index (χ2v) is 2.85. The molecule has 1 aromatic heterocycles. The van der Waals surface area contributed by atoms with Gasteiger partial charge >= 0.3 is 0 Å². The van der Waals surface area contributed by atoms with Gasteiger partial charge in [-0.2, -0.15) is 0 Å². The molecule has 1 aromatic rings. The Bertz CT molecular complexity index is 396. The summed E-state index contributed by atoms with van der Waals surface area (Å²) in [5.41, 5.74) is -1.54. The van der Waals surface area contributed by atoms with Crippen molar-refractivity contribution in [2.75, 3.05) is 0 Å². The molecule has 0 fully saturated rings. The summed E-state index contributed by atoms with van der Waals surface area (Å²) in [7, 11) is 0. The van der Waals surface area contributed by atoms with E-state index >= 15 is 0 Å². The summed E-state index contributed by atoms with van der Waals surface area (Å²) in [5.74, 6) is 0. The van der Waals surface area contributed by atoms with E-state index in [0.29, 0.717) is 0 Å². The van der Waals surface area contributed by atoms with Crippen LogP contribution in [0.5, 0.6) is 0 Å². The zero-order chi connectivity index (χ0) is 11.6. The minimum absolute atomic E-state index is 0.00333. The van der Waals surface area contributed by atoms with Gasteiger partial charge in [0.2, 0.25) is 0 Å². The Kier molecular flexibility index (Phi) is 3.25. The van der Waals surface area contributed by atoms with Crippen molar-refractivity contribution >= 4 is 5.69 Å². The van der Waals surface area contributed by atoms with Crippen molar-refractivity contribution in [3.05, 3.63) is 33.1 Å². The first-order valence-corrected chi connectivity index (χ1v) is 4.01. The second kappa shape index (κ2) is 4.26. The van der Waals surface area contributed by atoms with E-state index in [1.807, 2.05) is 0 Å². The minimum Gasteiger partial charge on any atom is -0.390 e. The molecule has 5 nitrogen and oxygen atoms in total. The molecule has 1 rings (SSSR count). The number of aliphatic hydroxyl groups is 1. The lowest BCUT2D eigenvalue weighted by Gasteiger charge is -2.06. The van der Waals surface area contributed by atoms with Crippen LogP contribution in [-0.4, -0.2) is 15.0 Å². The van der Waals surface area contributed by atoms with E-state index in [1.54, 1.807) is 0 Å². The number of hydrogen-bond acceptors (Lipinski definition) is 4. The Labute approximate surface area is 83.5 Å². The van der Waals surface area contributed by atoms with Crippen LogP contribution in [0.3, 0.4) is 0 Å². The Morgan fingerprint density at radius 3 is 2.67 bits per heavy atom. The van der Waals surface area contributed by atoms with E-state index in [1.165, 1.54) is 6.92 Å². The number of nitro groups is 1. The molecule has 0 amide bonds. The first-order chi connectivity index (χ1) is 6.97. The fraction of sp³-hybridized carbons (Fsp3) is 0.375. The zero-order valence-electron chi connectivity index (χ0n) is 7.78. The van der Waals surface area contributed by atoms with Gasteiger partial charge in [-0.1, -0.05) is 0 Å². The first-order valence-electron chi connectivity index (χ1n) is 4.01. The molecule has 0 atom stereocenters. The quantitative estimate of drug-likeness (QED) is 0.619. The maximum absolute atomic E-state index is 12.5. The van der Waals surface area contributed by atoms with Gasteiger partial charge in [-0.15, -0.1) is 0 Å². The Morgan fingerprint density at radius 1 is 1.67 bits per heavy atom. The van der Waals surface area contributed by atoms with Crippen molar-refractivity contribution in [2.24, 2.45) is 0 Å². The van der Waals surface area contributed by atoms with Crippen LogP contribution in [0.1, 0.15) is 23.4 Å². The standard InChI is InChI=1S/C8H8F2N2O3/c1-4-7(8(9)10)6(12(14)15)2-5(3-13)11-4/h2,8,13H,3H2,1H3. The van der Waals surface area contributed by atoms with Crippen LogP contribution in [0.25, 0.3) is 0 Å². The average Bonchev–Trinajstić information content (AvgIpc) is 2.15. The number of aliphatic hydroxyl groups excluding tert-OH is 1. The second-order valence-electron chi connectivity index (χ2n) is 2.85. The summed E-state index contributed by atoms with van der Waals surface area (Å²) < 4.78 is 25.0. The van der Waals surface area contributed by atoms with Crippen molar-refractivity contribution in [1.82, 2.24) is 4.98 Å². The van der Waals surface area contributed by atoms with Crippen molar-refractivity contribution in [2.45, 2.75) is 20.0 Å². The predicted molar refractivity (Wildman–Crippen MR) is 46.5 cm³/mol. The summed E-state index contributed by atoms with van der Waals surface area (Å²) in [5, 5.41) is 19.2. The molecule has 0 aromatic carbocycles. The van der Waals surface area contributed by atoms with Gasteiger partial charge in [0.25, 0.3) is 12.1 Å². The maximum Gasteiger partial charge on any atom is 0.282 e. The first kappa shape index (κ1) is 11.4. The Hall–Kier alpha value is -1.63. The number of rotatable bonds is 3. The summed E-state index contributed by atoms with van der Waals surface area (Å²) in [4.78, 5) is 13.2. The van der Waals surface area contributed by atoms with Crippen LogP contribution < -0.4 is 0 Å². The molecule has 7 heteroatoms. The topological polar surface area (TPSA) is 76.3 Å². The van der Waals surface area contributed by atoms with Crippen molar-refractivity contribution in [1.29, 1.82) is 0 Å². The fourth-order valence-electron chi connectivity index (χ4n) is 1.23. The van der Waals surface area contributed by atoms with Gasteiger partial charge in [0, 0.05) is 6.07 Å². The minimum atomic E-state index is -2.95. The van der Waals surface area contributed by atoms with E-state index in [4.69, 9.17) is 5.11 Å². The molecule has 1 heterocycles. The largest absolute Gasteiger partial charge is 0.390 e. The molecule has 0 aliphatic heterocycles. The summed E-state index contributed by atoms with van der Waals surface area (Å²) in [6, 6.07) is 0.856. The van der Waals surface area contributed by atoms with E-state index < -0.39 is 29.2 Å². The van der Waals surface area contributed by atoms with Gasteiger partial charge in [-0.3, -0.25) is 15.1 Å². The highest BCUT2D eigenvalue weighted by Gasteiger charge is 2.25. The van der Waals surface area contributed by atoms with Gasteiger partial charge in [-0.25, -0.2) is 8.78 Å². The van der Waals surface area contributed by atoms with E-state index in [0.717, 1.165) is 6.07 Å².